The number of nitrogens with zero attached hydrogens (tertiary/aromatic N) is 1. The number of phenolic OH excluding ortho intramolecular Hbond substituents is 1. The zero-order valence-corrected chi connectivity index (χ0v) is 14.7. The summed E-state index contributed by atoms with van der Waals surface area (Å²) >= 11 is 2.74. The Labute approximate surface area is 150 Å². The first-order valence-electron chi connectivity index (χ1n) is 6.11. The molecule has 134 valence electrons. The summed E-state index contributed by atoms with van der Waals surface area (Å²) in [5, 5.41) is 12.6. The Balaban J connectivity index is 0.00000242. The van der Waals surface area contributed by atoms with Gasteiger partial charge in [-0.3, -0.25) is 4.90 Å². The van der Waals surface area contributed by atoms with Crippen LogP contribution in [0.15, 0.2) is 10.5 Å². The van der Waals surface area contributed by atoms with Crippen LogP contribution in [-0.4, -0.2) is 42.4 Å². The molecule has 1 fully saturated rings. The molecule has 1 atom stereocenters. The molecule has 1 aromatic carbocycles. The minimum Gasteiger partial charge on any atom is -0.506 e. The molecule has 0 unspecified atom stereocenters. The van der Waals surface area contributed by atoms with Gasteiger partial charge in [-0.05, 0) is 22.0 Å². The van der Waals surface area contributed by atoms with Crippen molar-refractivity contribution in [3.8, 4) is 5.75 Å². The molecule has 1 aromatic rings. The lowest BCUT2D eigenvalue weighted by Crippen LogP contribution is -2.49. The highest BCUT2D eigenvalue weighted by atomic mass is 79.9. The molecule has 0 aromatic heterocycles. The number of hydrogen-bond donors (Lipinski definition) is 2. The lowest BCUT2D eigenvalue weighted by atomic mass is 10.0. The predicted molar refractivity (Wildman–Crippen MR) is 83.5 cm³/mol. The number of rotatable bonds is 2. The van der Waals surface area contributed by atoms with Crippen molar-refractivity contribution in [2.24, 2.45) is 0 Å². The summed E-state index contributed by atoms with van der Waals surface area (Å²) in [4.78, 5) is 0.973. The van der Waals surface area contributed by atoms with Crippen molar-refractivity contribution in [1.82, 2.24) is 10.2 Å². The molecule has 3 nitrogen and oxygen atoms in total. The van der Waals surface area contributed by atoms with Gasteiger partial charge in [-0.1, -0.05) is 0 Å². The van der Waals surface area contributed by atoms with E-state index in [1.165, 1.54) is 0 Å². The van der Waals surface area contributed by atoms with Crippen molar-refractivity contribution in [3.05, 3.63) is 27.7 Å². The van der Waals surface area contributed by atoms with Crippen molar-refractivity contribution in [2.45, 2.75) is 12.2 Å². The number of hydrogen-bond acceptors (Lipinski definition) is 3. The Hall–Kier alpha value is -0.350. The molecule has 0 aliphatic carbocycles. The van der Waals surface area contributed by atoms with E-state index in [4.69, 9.17) is 0 Å². The molecule has 0 radical (unpaired) electrons. The normalized spacial score (nSPS) is 17.1. The predicted octanol–water partition coefficient (Wildman–Crippen LogP) is 3.79. The van der Waals surface area contributed by atoms with E-state index < -0.39 is 35.2 Å². The molecule has 1 aliphatic rings. The van der Waals surface area contributed by atoms with Gasteiger partial charge in [0.05, 0.1) is 10.0 Å². The summed E-state index contributed by atoms with van der Waals surface area (Å²) in [5.74, 6) is -4.06. The number of piperazine rings is 1. The maximum atomic E-state index is 13.9. The second kappa shape index (κ2) is 8.66. The first-order chi connectivity index (χ1) is 9.73. The number of aromatic hydroxyl groups is 1. The average molecular weight is 448 g/mol. The van der Waals surface area contributed by atoms with Crippen LogP contribution in [0.3, 0.4) is 0 Å². The van der Waals surface area contributed by atoms with Gasteiger partial charge >= 0.3 is 6.18 Å². The Morgan fingerprint density at radius 2 is 1.70 bits per heavy atom. The zero-order valence-electron chi connectivity index (χ0n) is 11.5. The molecular formula is C12H14BrCl2F5N2O. The standard InChI is InChI=1S/C12H12BrF5N2O.2ClH/c13-6-5-7(14)9(15)8(10(6)21)11(12(16,17)18)20-3-1-19-2-4-20;;/h5,11,19,21H,1-4H2;2*1H/t11-;;/m1../s1. The number of nitrogens with one attached hydrogen (secondary N) is 1. The first-order valence-corrected chi connectivity index (χ1v) is 6.90. The Bertz CT molecular complexity index is 515. The van der Waals surface area contributed by atoms with Crippen LogP contribution >= 0.6 is 40.7 Å². The Morgan fingerprint density at radius 1 is 1.17 bits per heavy atom. The number of phenols is 1. The first kappa shape index (κ1) is 22.6. The molecule has 11 heteroatoms. The van der Waals surface area contributed by atoms with Gasteiger partial charge in [0.1, 0.15) is 11.8 Å². The smallest absolute Gasteiger partial charge is 0.408 e. The SMILES string of the molecule is Cl.Cl.Oc1c(Br)cc(F)c(F)c1[C@@H](N1CCNCC1)C(F)(F)F. The summed E-state index contributed by atoms with van der Waals surface area (Å²) in [7, 11) is 0. The van der Waals surface area contributed by atoms with E-state index in [1.807, 2.05) is 0 Å². The van der Waals surface area contributed by atoms with Crippen LogP contribution in [0.4, 0.5) is 22.0 Å². The summed E-state index contributed by atoms with van der Waals surface area (Å²) in [5.41, 5.74) is -1.09. The summed E-state index contributed by atoms with van der Waals surface area (Å²) < 4.78 is 67.0. The van der Waals surface area contributed by atoms with E-state index >= 15 is 0 Å². The number of benzene rings is 1. The van der Waals surface area contributed by atoms with Crippen LogP contribution in [0, 0.1) is 11.6 Å². The molecule has 23 heavy (non-hydrogen) atoms. The van der Waals surface area contributed by atoms with Crippen LogP contribution in [0.25, 0.3) is 0 Å². The number of alkyl halides is 3. The van der Waals surface area contributed by atoms with Gasteiger partial charge in [0, 0.05) is 26.2 Å². The maximum Gasteiger partial charge on any atom is 0.408 e. The molecule has 1 aliphatic heterocycles. The molecule has 0 bridgehead atoms. The van der Waals surface area contributed by atoms with Gasteiger partial charge in [0.25, 0.3) is 0 Å². The molecule has 1 saturated heterocycles. The van der Waals surface area contributed by atoms with Gasteiger partial charge in [-0.15, -0.1) is 24.8 Å². The van der Waals surface area contributed by atoms with E-state index in [2.05, 4.69) is 21.2 Å². The molecule has 1 heterocycles. The second-order valence-electron chi connectivity index (χ2n) is 4.65. The van der Waals surface area contributed by atoms with Gasteiger partial charge in [0.15, 0.2) is 11.6 Å². The van der Waals surface area contributed by atoms with Gasteiger partial charge in [-0.25, -0.2) is 8.78 Å². The fraction of sp³-hybridized carbons (Fsp3) is 0.500. The van der Waals surface area contributed by atoms with Crippen LogP contribution in [0.2, 0.25) is 0 Å². The van der Waals surface area contributed by atoms with Gasteiger partial charge in [-0.2, -0.15) is 13.2 Å². The van der Waals surface area contributed by atoms with E-state index in [9.17, 15) is 27.1 Å². The third kappa shape index (κ3) is 4.82. The van der Waals surface area contributed by atoms with Crippen molar-refractivity contribution in [3.63, 3.8) is 0 Å². The molecular weight excluding hydrogens is 434 g/mol. The lowest BCUT2D eigenvalue weighted by Gasteiger charge is -2.36. The molecule has 0 spiro atoms. The van der Waals surface area contributed by atoms with E-state index in [1.54, 1.807) is 0 Å². The Morgan fingerprint density at radius 3 is 2.17 bits per heavy atom. The van der Waals surface area contributed by atoms with Crippen LogP contribution in [-0.2, 0) is 0 Å². The fourth-order valence-corrected chi connectivity index (χ4v) is 2.76. The summed E-state index contributed by atoms with van der Waals surface area (Å²) in [6.07, 6.45) is -4.84. The van der Waals surface area contributed by atoms with E-state index in [0.717, 1.165) is 4.90 Å². The zero-order chi connectivity index (χ0) is 15.8. The second-order valence-corrected chi connectivity index (χ2v) is 5.50. The van der Waals surface area contributed by atoms with Crippen molar-refractivity contribution in [2.75, 3.05) is 26.2 Å². The minimum absolute atomic E-state index is 0. The van der Waals surface area contributed by atoms with Gasteiger partial charge in [0.2, 0.25) is 0 Å². The highest BCUT2D eigenvalue weighted by Gasteiger charge is 2.48. The molecule has 0 amide bonds. The molecule has 0 saturated carbocycles. The van der Waals surface area contributed by atoms with Crippen molar-refractivity contribution >= 4 is 40.7 Å². The van der Waals surface area contributed by atoms with Crippen LogP contribution in [0.5, 0.6) is 5.75 Å². The van der Waals surface area contributed by atoms with Crippen LogP contribution < -0.4 is 5.32 Å². The van der Waals surface area contributed by atoms with Crippen molar-refractivity contribution in [1.29, 1.82) is 0 Å². The highest BCUT2D eigenvalue weighted by Crippen LogP contribution is 2.45. The molecule has 2 rings (SSSR count). The Kier molecular flexibility index (Phi) is 8.53. The van der Waals surface area contributed by atoms with E-state index in [-0.39, 0.29) is 42.4 Å². The third-order valence-corrected chi connectivity index (χ3v) is 3.89. The average Bonchev–Trinajstić information content (AvgIpc) is 2.41. The quantitative estimate of drug-likeness (QED) is 0.535. The maximum absolute atomic E-state index is 13.9. The topological polar surface area (TPSA) is 35.5 Å². The van der Waals surface area contributed by atoms with Crippen molar-refractivity contribution < 1.29 is 27.1 Å². The minimum atomic E-state index is -4.84. The van der Waals surface area contributed by atoms with Crippen LogP contribution in [0.1, 0.15) is 11.6 Å². The summed E-state index contributed by atoms with van der Waals surface area (Å²) in [6, 6.07) is -1.80. The monoisotopic (exact) mass is 446 g/mol. The summed E-state index contributed by atoms with van der Waals surface area (Å²) in [6.45, 7) is 0.616. The lowest BCUT2D eigenvalue weighted by molar-refractivity contribution is -0.189. The number of halogens is 8. The fourth-order valence-electron chi connectivity index (χ4n) is 2.35. The largest absolute Gasteiger partial charge is 0.506 e. The highest BCUT2D eigenvalue weighted by molar-refractivity contribution is 9.10. The van der Waals surface area contributed by atoms with E-state index in [0.29, 0.717) is 19.2 Å². The van der Waals surface area contributed by atoms with Gasteiger partial charge < -0.3 is 10.4 Å². The molecule has 2 N–H and O–H groups in total. The third-order valence-electron chi connectivity index (χ3n) is 3.28.